The quantitative estimate of drug-likeness (QED) is 0.304. The molecule has 20 heavy (non-hydrogen) atoms. The Labute approximate surface area is 110 Å². The van der Waals surface area contributed by atoms with Crippen molar-refractivity contribution in [3.05, 3.63) is 41.0 Å². The van der Waals surface area contributed by atoms with Gasteiger partial charge >= 0.3 is 11.9 Å². The van der Waals surface area contributed by atoms with E-state index in [1.807, 2.05) is 0 Å². The van der Waals surface area contributed by atoms with E-state index in [0.29, 0.717) is 0 Å². The second kappa shape index (κ2) is 6.18. The predicted molar refractivity (Wildman–Crippen MR) is 58.5 cm³/mol. The first kappa shape index (κ1) is 15.7. The van der Waals surface area contributed by atoms with Gasteiger partial charge in [-0.2, -0.15) is 0 Å². The van der Waals surface area contributed by atoms with Crippen LogP contribution in [0.3, 0.4) is 0 Å². The van der Waals surface area contributed by atoms with E-state index in [1.54, 1.807) is 0 Å². The Balaban J connectivity index is 3.51. The van der Waals surface area contributed by atoms with Gasteiger partial charge in [-0.3, -0.25) is 0 Å². The first-order chi connectivity index (χ1) is 9.29. The number of carbonyl (C=O) groups excluding carboxylic acids is 1. The van der Waals surface area contributed by atoms with Crippen LogP contribution in [0.1, 0.15) is 12.5 Å². The fourth-order valence-electron chi connectivity index (χ4n) is 1.35. The zero-order valence-corrected chi connectivity index (χ0v) is 10.0. The van der Waals surface area contributed by atoms with E-state index in [0.717, 1.165) is 0 Å². The Bertz CT molecular complexity index is 596. The van der Waals surface area contributed by atoms with Gasteiger partial charge in [-0.05, 0) is 13.0 Å². The van der Waals surface area contributed by atoms with Crippen molar-refractivity contribution in [3.63, 3.8) is 0 Å². The highest BCUT2D eigenvalue weighted by atomic mass is 19.2. The summed E-state index contributed by atoms with van der Waals surface area (Å²) in [4.78, 5) is 22.1. The fourth-order valence-corrected chi connectivity index (χ4v) is 1.35. The van der Waals surface area contributed by atoms with E-state index in [2.05, 4.69) is 4.74 Å². The molecule has 0 heterocycles. The monoisotopic (exact) mass is 292 g/mol. The molecule has 0 fully saturated rings. The summed E-state index contributed by atoms with van der Waals surface area (Å²) < 4.78 is 56.9. The van der Waals surface area contributed by atoms with Crippen molar-refractivity contribution in [2.45, 2.75) is 6.92 Å². The van der Waals surface area contributed by atoms with Crippen LogP contribution in [0.2, 0.25) is 0 Å². The van der Waals surface area contributed by atoms with Crippen LogP contribution in [0.15, 0.2) is 12.1 Å². The van der Waals surface area contributed by atoms with Gasteiger partial charge in [0.25, 0.3) is 0 Å². The van der Waals surface area contributed by atoms with Crippen LogP contribution < -0.4 is 0 Å². The molecule has 1 N–H and O–H groups in total. The van der Waals surface area contributed by atoms with Crippen LogP contribution >= 0.6 is 0 Å². The predicted octanol–water partition coefficient (Wildman–Crippen LogP) is 2.27. The van der Waals surface area contributed by atoms with Crippen LogP contribution in [0.25, 0.3) is 5.57 Å². The third-order valence-electron chi connectivity index (χ3n) is 2.16. The molecule has 0 saturated heterocycles. The average Bonchev–Trinajstić information content (AvgIpc) is 2.38. The van der Waals surface area contributed by atoms with Crippen molar-refractivity contribution >= 4 is 17.5 Å². The largest absolute Gasteiger partial charge is 0.478 e. The van der Waals surface area contributed by atoms with Gasteiger partial charge in [-0.25, -0.2) is 27.2 Å². The number of aliphatic carboxylic acids is 1. The highest BCUT2D eigenvalue weighted by Gasteiger charge is 2.25. The number of rotatable bonds is 4. The maximum Gasteiger partial charge on any atom is 0.339 e. The Hall–Kier alpha value is -2.38. The zero-order valence-electron chi connectivity index (χ0n) is 10.0. The molecule has 0 amide bonds. The van der Waals surface area contributed by atoms with Crippen LogP contribution in [0.4, 0.5) is 17.6 Å². The van der Waals surface area contributed by atoms with Gasteiger partial charge in [0.2, 0.25) is 0 Å². The Morgan fingerprint density at radius 1 is 1.20 bits per heavy atom. The molecule has 0 bridgehead atoms. The number of benzene rings is 1. The van der Waals surface area contributed by atoms with Crippen LogP contribution in [0.5, 0.6) is 0 Å². The number of hydrogen-bond acceptors (Lipinski definition) is 3. The van der Waals surface area contributed by atoms with Gasteiger partial charge in [0.1, 0.15) is 0 Å². The molecule has 0 atom stereocenters. The van der Waals surface area contributed by atoms with E-state index in [4.69, 9.17) is 5.11 Å². The van der Waals surface area contributed by atoms with E-state index in [-0.39, 0.29) is 18.7 Å². The lowest BCUT2D eigenvalue weighted by atomic mass is 10.0. The molecule has 0 aliphatic heterocycles. The minimum absolute atomic E-state index is 0.177. The fraction of sp³-hybridized carbons (Fsp3) is 0.167. The number of carboxylic acids is 1. The van der Waals surface area contributed by atoms with Crippen LogP contribution in [-0.4, -0.2) is 23.7 Å². The molecule has 0 unspecified atom stereocenters. The van der Waals surface area contributed by atoms with Crippen molar-refractivity contribution < 1.29 is 37.0 Å². The van der Waals surface area contributed by atoms with Gasteiger partial charge in [-0.15, -0.1) is 0 Å². The SMILES string of the molecule is CCOC(=O)/C(=C\C(=O)O)c1cc(F)c(F)c(F)c1F. The lowest BCUT2D eigenvalue weighted by molar-refractivity contribution is -0.137. The van der Waals surface area contributed by atoms with E-state index < -0.39 is 46.3 Å². The third kappa shape index (κ3) is 3.14. The molecular weight excluding hydrogens is 284 g/mol. The second-order valence-electron chi connectivity index (χ2n) is 3.46. The summed E-state index contributed by atoms with van der Waals surface area (Å²) in [5.41, 5.74) is -1.98. The Morgan fingerprint density at radius 3 is 2.30 bits per heavy atom. The van der Waals surface area contributed by atoms with Crippen molar-refractivity contribution in [3.8, 4) is 0 Å². The standard InChI is InChI=1S/C12H8F4O4/c1-2-20-12(19)6(4-8(17)18)5-3-7(13)10(15)11(16)9(5)14/h3-4H,2H2,1H3,(H,17,18)/b6-4-. The summed E-state index contributed by atoms with van der Waals surface area (Å²) in [7, 11) is 0. The number of carbonyl (C=O) groups is 2. The molecular formula is C12H8F4O4. The first-order valence-electron chi connectivity index (χ1n) is 5.24. The normalized spacial score (nSPS) is 11.3. The molecule has 1 rings (SSSR count). The van der Waals surface area contributed by atoms with Crippen molar-refractivity contribution in [1.29, 1.82) is 0 Å². The molecule has 4 nitrogen and oxygen atoms in total. The Kier molecular flexibility index (Phi) is 4.84. The number of halogens is 4. The smallest absolute Gasteiger partial charge is 0.339 e. The van der Waals surface area contributed by atoms with Gasteiger partial charge in [0.05, 0.1) is 12.2 Å². The molecule has 0 spiro atoms. The first-order valence-corrected chi connectivity index (χ1v) is 5.24. The molecule has 0 radical (unpaired) electrons. The van der Waals surface area contributed by atoms with Crippen LogP contribution in [0, 0.1) is 23.3 Å². The summed E-state index contributed by atoms with van der Waals surface area (Å²) in [6.07, 6.45) is 0.215. The summed E-state index contributed by atoms with van der Waals surface area (Å²) >= 11 is 0. The van der Waals surface area contributed by atoms with Crippen molar-refractivity contribution in [1.82, 2.24) is 0 Å². The van der Waals surface area contributed by atoms with E-state index >= 15 is 0 Å². The summed E-state index contributed by atoms with van der Waals surface area (Å²) in [5, 5.41) is 8.58. The number of hydrogen-bond donors (Lipinski definition) is 1. The minimum Gasteiger partial charge on any atom is -0.478 e. The molecule has 1 aromatic rings. The van der Waals surface area contributed by atoms with Gasteiger partial charge < -0.3 is 9.84 Å². The van der Waals surface area contributed by atoms with Crippen molar-refractivity contribution in [2.24, 2.45) is 0 Å². The maximum atomic E-state index is 13.5. The number of ether oxygens (including phenoxy) is 1. The molecule has 108 valence electrons. The molecule has 8 heteroatoms. The summed E-state index contributed by atoms with van der Waals surface area (Å²) in [6, 6.07) is 0.180. The second-order valence-corrected chi connectivity index (χ2v) is 3.46. The Morgan fingerprint density at radius 2 is 1.80 bits per heavy atom. The van der Waals surface area contributed by atoms with Gasteiger partial charge in [0.15, 0.2) is 23.3 Å². The molecule has 1 aromatic carbocycles. The van der Waals surface area contributed by atoms with Gasteiger partial charge in [0, 0.05) is 11.6 Å². The molecule has 0 aliphatic rings. The minimum atomic E-state index is -2.15. The third-order valence-corrected chi connectivity index (χ3v) is 2.16. The molecule has 0 aliphatic carbocycles. The van der Waals surface area contributed by atoms with E-state index in [9.17, 15) is 27.2 Å². The highest BCUT2D eigenvalue weighted by Crippen LogP contribution is 2.25. The average molecular weight is 292 g/mol. The topological polar surface area (TPSA) is 63.6 Å². The van der Waals surface area contributed by atoms with Gasteiger partial charge in [-0.1, -0.05) is 0 Å². The summed E-state index contributed by atoms with van der Waals surface area (Å²) in [6.45, 7) is 1.21. The van der Waals surface area contributed by atoms with Crippen LogP contribution in [-0.2, 0) is 14.3 Å². The summed E-state index contributed by atoms with van der Waals surface area (Å²) in [5.74, 6) is -10.8. The zero-order chi connectivity index (χ0) is 15.4. The van der Waals surface area contributed by atoms with Crippen molar-refractivity contribution in [2.75, 3.05) is 6.61 Å². The lowest BCUT2D eigenvalue weighted by Crippen LogP contribution is -2.12. The number of carboxylic acid groups (broad SMARTS) is 1. The maximum absolute atomic E-state index is 13.5. The van der Waals surface area contributed by atoms with E-state index in [1.165, 1.54) is 6.92 Å². The lowest BCUT2D eigenvalue weighted by Gasteiger charge is -2.09. The molecule has 0 aromatic heterocycles. The molecule has 0 saturated carbocycles. The number of esters is 1. The highest BCUT2D eigenvalue weighted by molar-refractivity contribution is 6.20.